The van der Waals surface area contributed by atoms with Gasteiger partial charge in [-0.1, -0.05) is 20.8 Å². The van der Waals surface area contributed by atoms with E-state index in [1.807, 2.05) is 23.1 Å². The molecule has 1 aromatic rings. The SMILES string of the molecule is CCCNC(Cn1cccn1)C(C)C. The molecule has 1 heterocycles. The summed E-state index contributed by atoms with van der Waals surface area (Å²) < 4.78 is 1.99. The van der Waals surface area contributed by atoms with E-state index in [2.05, 4.69) is 31.2 Å². The van der Waals surface area contributed by atoms with E-state index in [0.717, 1.165) is 13.1 Å². The van der Waals surface area contributed by atoms with Crippen LogP contribution in [-0.2, 0) is 6.54 Å². The summed E-state index contributed by atoms with van der Waals surface area (Å²) in [4.78, 5) is 0. The second-order valence-electron chi connectivity index (χ2n) is 4.03. The van der Waals surface area contributed by atoms with Crippen LogP contribution in [-0.4, -0.2) is 22.4 Å². The molecule has 0 aliphatic rings. The van der Waals surface area contributed by atoms with Gasteiger partial charge < -0.3 is 5.32 Å². The Kier molecular flexibility index (Phi) is 4.66. The van der Waals surface area contributed by atoms with Crippen molar-refractivity contribution < 1.29 is 0 Å². The van der Waals surface area contributed by atoms with Crippen molar-refractivity contribution in [2.24, 2.45) is 5.92 Å². The first kappa shape index (κ1) is 11.2. The van der Waals surface area contributed by atoms with Crippen LogP contribution >= 0.6 is 0 Å². The molecule has 80 valence electrons. The second-order valence-corrected chi connectivity index (χ2v) is 4.03. The monoisotopic (exact) mass is 195 g/mol. The van der Waals surface area contributed by atoms with Gasteiger partial charge in [-0.3, -0.25) is 4.68 Å². The molecule has 14 heavy (non-hydrogen) atoms. The van der Waals surface area contributed by atoms with Gasteiger partial charge in [-0.15, -0.1) is 0 Å². The summed E-state index contributed by atoms with van der Waals surface area (Å²) >= 11 is 0. The maximum absolute atomic E-state index is 4.22. The number of hydrogen-bond donors (Lipinski definition) is 1. The first-order valence-electron chi connectivity index (χ1n) is 5.44. The third kappa shape index (κ3) is 3.50. The summed E-state index contributed by atoms with van der Waals surface area (Å²) in [5.74, 6) is 0.644. The van der Waals surface area contributed by atoms with E-state index in [1.165, 1.54) is 6.42 Å². The number of nitrogens with one attached hydrogen (secondary N) is 1. The van der Waals surface area contributed by atoms with E-state index >= 15 is 0 Å². The Morgan fingerprint density at radius 1 is 1.43 bits per heavy atom. The lowest BCUT2D eigenvalue weighted by Crippen LogP contribution is -2.38. The Morgan fingerprint density at radius 3 is 2.71 bits per heavy atom. The summed E-state index contributed by atoms with van der Waals surface area (Å²) in [7, 11) is 0. The highest BCUT2D eigenvalue weighted by Crippen LogP contribution is 2.04. The van der Waals surface area contributed by atoms with Crippen LogP contribution in [0.3, 0.4) is 0 Å². The Bertz CT molecular complexity index is 229. The third-order valence-corrected chi connectivity index (χ3v) is 2.40. The van der Waals surface area contributed by atoms with Gasteiger partial charge in [-0.25, -0.2) is 0 Å². The summed E-state index contributed by atoms with van der Waals surface area (Å²) in [6.07, 6.45) is 5.03. The lowest BCUT2D eigenvalue weighted by Gasteiger charge is -2.22. The maximum Gasteiger partial charge on any atom is 0.0565 e. The van der Waals surface area contributed by atoms with Crippen molar-refractivity contribution in [1.29, 1.82) is 0 Å². The van der Waals surface area contributed by atoms with Crippen molar-refractivity contribution in [3.05, 3.63) is 18.5 Å². The zero-order valence-corrected chi connectivity index (χ0v) is 9.40. The Hall–Kier alpha value is -0.830. The van der Waals surface area contributed by atoms with Crippen molar-refractivity contribution in [3.63, 3.8) is 0 Å². The van der Waals surface area contributed by atoms with Crippen molar-refractivity contribution in [1.82, 2.24) is 15.1 Å². The van der Waals surface area contributed by atoms with Gasteiger partial charge in [0.05, 0.1) is 6.54 Å². The molecule has 3 nitrogen and oxygen atoms in total. The Balaban J connectivity index is 2.43. The van der Waals surface area contributed by atoms with Crippen molar-refractivity contribution >= 4 is 0 Å². The van der Waals surface area contributed by atoms with Crippen LogP contribution in [0.25, 0.3) is 0 Å². The van der Waals surface area contributed by atoms with Gasteiger partial charge in [-0.2, -0.15) is 5.10 Å². The fraction of sp³-hybridized carbons (Fsp3) is 0.727. The highest BCUT2D eigenvalue weighted by Gasteiger charge is 2.12. The fourth-order valence-electron chi connectivity index (χ4n) is 1.45. The number of nitrogens with zero attached hydrogens (tertiary/aromatic N) is 2. The van der Waals surface area contributed by atoms with E-state index in [4.69, 9.17) is 0 Å². The maximum atomic E-state index is 4.22. The highest BCUT2D eigenvalue weighted by atomic mass is 15.3. The van der Waals surface area contributed by atoms with Gasteiger partial charge in [0.1, 0.15) is 0 Å². The van der Waals surface area contributed by atoms with Crippen LogP contribution in [0.2, 0.25) is 0 Å². The topological polar surface area (TPSA) is 29.9 Å². The van der Waals surface area contributed by atoms with Gasteiger partial charge in [0.2, 0.25) is 0 Å². The molecule has 3 heteroatoms. The molecule has 0 radical (unpaired) electrons. The smallest absolute Gasteiger partial charge is 0.0565 e. The standard InChI is InChI=1S/C11H21N3/c1-4-6-12-11(10(2)3)9-14-8-5-7-13-14/h5,7-8,10-12H,4,6,9H2,1-3H3. The number of aromatic nitrogens is 2. The van der Waals surface area contributed by atoms with Crippen LogP contribution in [0, 0.1) is 5.92 Å². The van der Waals surface area contributed by atoms with E-state index in [1.54, 1.807) is 0 Å². The van der Waals surface area contributed by atoms with Gasteiger partial charge in [0.15, 0.2) is 0 Å². The molecular weight excluding hydrogens is 174 g/mol. The van der Waals surface area contributed by atoms with Crippen molar-refractivity contribution in [2.45, 2.75) is 39.8 Å². The first-order valence-corrected chi connectivity index (χ1v) is 5.44. The minimum Gasteiger partial charge on any atom is -0.312 e. The average molecular weight is 195 g/mol. The van der Waals surface area contributed by atoms with Gasteiger partial charge >= 0.3 is 0 Å². The molecule has 0 saturated heterocycles. The zero-order chi connectivity index (χ0) is 10.4. The van der Waals surface area contributed by atoms with Gasteiger partial charge in [0, 0.05) is 18.4 Å². The summed E-state index contributed by atoms with van der Waals surface area (Å²) in [6.45, 7) is 8.74. The molecule has 1 atom stereocenters. The first-order chi connectivity index (χ1) is 6.74. The number of hydrogen-bond acceptors (Lipinski definition) is 2. The molecule has 1 unspecified atom stereocenters. The molecule has 0 amide bonds. The van der Waals surface area contributed by atoms with E-state index in [9.17, 15) is 0 Å². The lowest BCUT2D eigenvalue weighted by molar-refractivity contribution is 0.343. The average Bonchev–Trinajstić information content (AvgIpc) is 2.64. The van der Waals surface area contributed by atoms with E-state index < -0.39 is 0 Å². The molecule has 0 aromatic carbocycles. The Morgan fingerprint density at radius 2 is 2.21 bits per heavy atom. The van der Waals surface area contributed by atoms with Gasteiger partial charge in [-0.05, 0) is 24.9 Å². The fourth-order valence-corrected chi connectivity index (χ4v) is 1.45. The van der Waals surface area contributed by atoms with Crippen LogP contribution in [0.15, 0.2) is 18.5 Å². The molecule has 1 rings (SSSR count). The van der Waals surface area contributed by atoms with E-state index in [-0.39, 0.29) is 0 Å². The van der Waals surface area contributed by atoms with Crippen molar-refractivity contribution in [3.8, 4) is 0 Å². The predicted molar refractivity (Wildman–Crippen MR) is 59.1 cm³/mol. The normalized spacial score (nSPS) is 13.4. The molecule has 0 fully saturated rings. The predicted octanol–water partition coefficient (Wildman–Crippen LogP) is 1.91. The van der Waals surface area contributed by atoms with Crippen LogP contribution < -0.4 is 5.32 Å². The summed E-state index contributed by atoms with van der Waals surface area (Å²) in [5, 5.41) is 7.77. The zero-order valence-electron chi connectivity index (χ0n) is 9.40. The molecule has 0 bridgehead atoms. The van der Waals surface area contributed by atoms with Crippen LogP contribution in [0.4, 0.5) is 0 Å². The molecule has 1 aromatic heterocycles. The minimum absolute atomic E-state index is 0.523. The summed E-state index contributed by atoms with van der Waals surface area (Å²) in [5.41, 5.74) is 0. The van der Waals surface area contributed by atoms with Crippen molar-refractivity contribution in [2.75, 3.05) is 6.54 Å². The quantitative estimate of drug-likeness (QED) is 0.751. The van der Waals surface area contributed by atoms with Gasteiger partial charge in [0.25, 0.3) is 0 Å². The molecule has 0 spiro atoms. The van der Waals surface area contributed by atoms with Crippen LogP contribution in [0.5, 0.6) is 0 Å². The largest absolute Gasteiger partial charge is 0.312 e. The minimum atomic E-state index is 0.523. The molecule has 1 N–H and O–H groups in total. The second kappa shape index (κ2) is 5.81. The summed E-state index contributed by atoms with van der Waals surface area (Å²) in [6, 6.07) is 2.49. The molecular formula is C11H21N3. The third-order valence-electron chi connectivity index (χ3n) is 2.40. The van der Waals surface area contributed by atoms with E-state index in [0.29, 0.717) is 12.0 Å². The molecule has 0 saturated carbocycles. The molecule has 0 aliphatic carbocycles. The Labute approximate surface area is 86.5 Å². The highest BCUT2D eigenvalue weighted by molar-refractivity contribution is 4.80. The lowest BCUT2D eigenvalue weighted by atomic mass is 10.0. The number of rotatable bonds is 6. The molecule has 0 aliphatic heterocycles. The van der Waals surface area contributed by atoms with Crippen LogP contribution in [0.1, 0.15) is 27.2 Å².